The van der Waals surface area contributed by atoms with E-state index in [4.69, 9.17) is 21.1 Å². The third kappa shape index (κ3) is 3.21. The third-order valence-electron chi connectivity index (χ3n) is 4.80. The second-order valence-corrected chi connectivity index (χ2v) is 8.38. The van der Waals surface area contributed by atoms with Gasteiger partial charge in [-0.05, 0) is 50.6 Å². The lowest BCUT2D eigenvalue weighted by molar-refractivity contribution is -0.137. The Labute approximate surface area is 170 Å². The van der Waals surface area contributed by atoms with Crippen LogP contribution in [0.3, 0.4) is 0 Å². The lowest BCUT2D eigenvalue weighted by Gasteiger charge is -2.13. The van der Waals surface area contributed by atoms with Crippen molar-refractivity contribution in [2.24, 2.45) is 4.99 Å². The number of aryl methyl sites for hydroxylation is 2. The van der Waals surface area contributed by atoms with E-state index in [0.29, 0.717) is 16.6 Å². The van der Waals surface area contributed by atoms with Gasteiger partial charge in [-0.2, -0.15) is 0 Å². The number of rotatable bonds is 3. The second-order valence-electron chi connectivity index (χ2n) is 6.72. The number of anilines is 1. The largest absolute Gasteiger partial charge is 0.481 e. The number of carboxylic acids is 1. The molecule has 0 fully saturated rings. The van der Waals surface area contributed by atoms with Gasteiger partial charge in [0.15, 0.2) is 5.76 Å². The van der Waals surface area contributed by atoms with Crippen LogP contribution in [0.4, 0.5) is 5.69 Å². The number of fused-ring (bicyclic) bond motifs is 3. The molecule has 28 heavy (non-hydrogen) atoms. The summed E-state index contributed by atoms with van der Waals surface area (Å²) in [4.78, 5) is 18.4. The Morgan fingerprint density at radius 3 is 2.64 bits per heavy atom. The van der Waals surface area contributed by atoms with Crippen LogP contribution in [0.15, 0.2) is 33.8 Å². The van der Waals surface area contributed by atoms with Crippen LogP contribution >= 0.6 is 22.9 Å². The summed E-state index contributed by atoms with van der Waals surface area (Å²) in [7, 11) is 0. The molecule has 2 N–H and O–H groups in total. The molecule has 6 nitrogen and oxygen atoms in total. The van der Waals surface area contributed by atoms with Crippen molar-refractivity contribution >= 4 is 40.4 Å². The van der Waals surface area contributed by atoms with Crippen LogP contribution in [0.2, 0.25) is 5.02 Å². The third-order valence-corrected chi connectivity index (χ3v) is 6.28. The van der Waals surface area contributed by atoms with Gasteiger partial charge in [-0.15, -0.1) is 11.3 Å². The fraction of sp³-hybridized carbons (Fsp3) is 0.250. The molecule has 0 saturated carbocycles. The number of nitrogens with zero attached hydrogens (tertiary/aromatic N) is 2. The summed E-state index contributed by atoms with van der Waals surface area (Å²) in [6.45, 7) is 5.97. The van der Waals surface area contributed by atoms with Crippen LogP contribution in [0.25, 0.3) is 10.4 Å². The Morgan fingerprint density at radius 2 is 1.96 bits per heavy atom. The van der Waals surface area contributed by atoms with Gasteiger partial charge < -0.3 is 14.9 Å². The number of aliphatic imine (C=N–C) groups is 1. The highest BCUT2D eigenvalue weighted by molar-refractivity contribution is 7.16. The molecule has 8 heteroatoms. The van der Waals surface area contributed by atoms with Crippen LogP contribution in [0, 0.1) is 20.8 Å². The van der Waals surface area contributed by atoms with Crippen LogP contribution in [0.5, 0.6) is 0 Å². The SMILES string of the molecule is Cc1noc2c1-c1sc(C)c(C)c1C(Nc1ccc(Cl)cc1)=NC2CC(=O)O. The molecule has 0 spiro atoms. The first-order chi connectivity index (χ1) is 13.3. The molecule has 3 aromatic rings. The van der Waals surface area contributed by atoms with Crippen molar-refractivity contribution in [3.8, 4) is 10.4 Å². The molecule has 0 amide bonds. The number of carbonyl (C=O) groups is 1. The lowest BCUT2D eigenvalue weighted by Crippen LogP contribution is -2.16. The normalized spacial score (nSPS) is 15.4. The van der Waals surface area contributed by atoms with Crippen LogP contribution in [-0.4, -0.2) is 22.1 Å². The van der Waals surface area contributed by atoms with E-state index in [1.54, 1.807) is 23.5 Å². The predicted molar refractivity (Wildman–Crippen MR) is 111 cm³/mol. The van der Waals surface area contributed by atoms with E-state index >= 15 is 0 Å². The Kier molecular flexibility index (Phi) is 4.72. The summed E-state index contributed by atoms with van der Waals surface area (Å²) in [6, 6.07) is 6.64. The first kappa shape index (κ1) is 18.7. The maximum Gasteiger partial charge on any atom is 0.306 e. The van der Waals surface area contributed by atoms with E-state index in [0.717, 1.165) is 32.9 Å². The van der Waals surface area contributed by atoms with Crippen molar-refractivity contribution in [3.63, 3.8) is 0 Å². The minimum absolute atomic E-state index is 0.180. The van der Waals surface area contributed by atoms with E-state index in [1.807, 2.05) is 26.0 Å². The summed E-state index contributed by atoms with van der Waals surface area (Å²) in [5, 5.41) is 17.5. The van der Waals surface area contributed by atoms with Gasteiger partial charge in [-0.3, -0.25) is 9.79 Å². The summed E-state index contributed by atoms with van der Waals surface area (Å²) >= 11 is 7.63. The summed E-state index contributed by atoms with van der Waals surface area (Å²) in [5.74, 6) is 0.171. The molecule has 3 heterocycles. The van der Waals surface area contributed by atoms with Gasteiger partial charge in [-0.25, -0.2) is 0 Å². The van der Waals surface area contributed by atoms with Crippen molar-refractivity contribution in [3.05, 3.63) is 56.7 Å². The van der Waals surface area contributed by atoms with E-state index in [1.165, 1.54) is 4.88 Å². The average molecular weight is 416 g/mol. The standard InChI is InChI=1S/C20H18ClN3O3S/c1-9-11(3)28-19-16(9)20(22-13-6-4-12(21)5-7-13)23-14(8-15(25)26)18-17(19)10(2)24-27-18/h4-7,14H,8H2,1-3H3,(H,22,23)(H,25,26). The van der Waals surface area contributed by atoms with Crippen molar-refractivity contribution in [2.75, 3.05) is 5.32 Å². The number of aliphatic carboxylic acids is 1. The van der Waals surface area contributed by atoms with Gasteiger partial charge >= 0.3 is 5.97 Å². The Hall–Kier alpha value is -2.64. The Bertz CT molecular complexity index is 1100. The molecule has 1 unspecified atom stereocenters. The molecular weight excluding hydrogens is 398 g/mol. The van der Waals surface area contributed by atoms with Crippen molar-refractivity contribution < 1.29 is 14.4 Å². The number of carboxylic acid groups (broad SMARTS) is 1. The van der Waals surface area contributed by atoms with Gasteiger partial charge in [0.1, 0.15) is 11.9 Å². The molecule has 0 aliphatic carbocycles. The highest BCUT2D eigenvalue weighted by Crippen LogP contribution is 2.45. The van der Waals surface area contributed by atoms with Gasteiger partial charge in [0.05, 0.1) is 22.6 Å². The molecule has 1 aromatic carbocycles. The number of benzene rings is 1. The van der Waals surface area contributed by atoms with Gasteiger partial charge in [0.25, 0.3) is 0 Å². The minimum atomic E-state index is -0.947. The Balaban J connectivity index is 1.91. The maximum absolute atomic E-state index is 11.5. The molecular formula is C20H18ClN3O3S. The highest BCUT2D eigenvalue weighted by Gasteiger charge is 2.33. The predicted octanol–water partition coefficient (Wildman–Crippen LogP) is 5.37. The molecule has 0 saturated heterocycles. The first-order valence-corrected chi connectivity index (χ1v) is 9.93. The second kappa shape index (κ2) is 7.07. The van der Waals surface area contributed by atoms with E-state index < -0.39 is 12.0 Å². The van der Waals surface area contributed by atoms with E-state index in [9.17, 15) is 9.90 Å². The summed E-state index contributed by atoms with van der Waals surface area (Å²) in [6.07, 6.45) is -0.180. The number of thiophene rings is 1. The minimum Gasteiger partial charge on any atom is -0.481 e. The number of halogens is 1. The van der Waals surface area contributed by atoms with Crippen molar-refractivity contribution in [1.82, 2.24) is 5.16 Å². The quantitative estimate of drug-likeness (QED) is 0.600. The number of hydrogen-bond donors (Lipinski definition) is 2. The molecule has 0 bridgehead atoms. The number of hydrogen-bond acceptors (Lipinski definition) is 6. The molecule has 144 valence electrons. The lowest BCUT2D eigenvalue weighted by atomic mass is 10.0. The molecule has 1 atom stereocenters. The molecule has 2 aromatic heterocycles. The molecule has 1 aliphatic heterocycles. The number of nitrogens with one attached hydrogen (secondary N) is 1. The van der Waals surface area contributed by atoms with Crippen molar-refractivity contribution in [1.29, 1.82) is 0 Å². The molecule has 1 aliphatic rings. The number of amidine groups is 1. The van der Waals surface area contributed by atoms with Gasteiger partial charge in [0.2, 0.25) is 0 Å². The van der Waals surface area contributed by atoms with Gasteiger partial charge in [0, 0.05) is 21.2 Å². The van der Waals surface area contributed by atoms with Crippen LogP contribution < -0.4 is 5.32 Å². The average Bonchev–Trinajstić information content (AvgIpc) is 3.11. The zero-order valence-corrected chi connectivity index (χ0v) is 17.1. The summed E-state index contributed by atoms with van der Waals surface area (Å²) in [5.41, 5.74) is 4.45. The fourth-order valence-electron chi connectivity index (χ4n) is 3.33. The van der Waals surface area contributed by atoms with E-state index in [-0.39, 0.29) is 6.42 Å². The van der Waals surface area contributed by atoms with Gasteiger partial charge in [-0.1, -0.05) is 16.8 Å². The van der Waals surface area contributed by atoms with Crippen LogP contribution in [0.1, 0.15) is 39.9 Å². The zero-order valence-electron chi connectivity index (χ0n) is 15.5. The zero-order chi connectivity index (χ0) is 20.0. The highest BCUT2D eigenvalue weighted by atomic mass is 35.5. The Morgan fingerprint density at radius 1 is 1.25 bits per heavy atom. The van der Waals surface area contributed by atoms with E-state index in [2.05, 4.69) is 17.4 Å². The smallest absolute Gasteiger partial charge is 0.306 e. The molecule has 4 rings (SSSR count). The number of aromatic nitrogens is 1. The fourth-order valence-corrected chi connectivity index (χ4v) is 4.72. The maximum atomic E-state index is 11.5. The monoisotopic (exact) mass is 415 g/mol. The molecule has 0 radical (unpaired) electrons. The van der Waals surface area contributed by atoms with Crippen molar-refractivity contribution in [2.45, 2.75) is 33.2 Å². The van der Waals surface area contributed by atoms with Crippen LogP contribution in [-0.2, 0) is 4.79 Å². The topological polar surface area (TPSA) is 87.7 Å². The first-order valence-electron chi connectivity index (χ1n) is 8.74. The summed E-state index contributed by atoms with van der Waals surface area (Å²) < 4.78 is 5.54.